The zero-order chi connectivity index (χ0) is 10.7. The van der Waals surface area contributed by atoms with E-state index in [-0.39, 0.29) is 0 Å². The Morgan fingerprint density at radius 3 is 2.87 bits per heavy atom. The highest BCUT2D eigenvalue weighted by atomic mass is 16.5. The average molecular weight is 205 g/mol. The van der Waals surface area contributed by atoms with Crippen LogP contribution in [0.5, 0.6) is 5.75 Å². The van der Waals surface area contributed by atoms with Gasteiger partial charge in [0.2, 0.25) is 0 Å². The van der Waals surface area contributed by atoms with Gasteiger partial charge in [0.15, 0.2) is 0 Å². The number of hydrogen-bond acceptors (Lipinski definition) is 2. The quantitative estimate of drug-likeness (QED) is 0.745. The standard InChI is InChI=1S/C13H19NO/c1-10-3-4-11(2)13(9-10)15-8-7-14-12-5-6-12/h3-4,9,12,14H,5-8H2,1-2H3. The van der Waals surface area contributed by atoms with Crippen molar-refractivity contribution in [3.8, 4) is 5.75 Å². The molecule has 1 aromatic rings. The summed E-state index contributed by atoms with van der Waals surface area (Å²) in [4.78, 5) is 0. The molecule has 0 saturated heterocycles. The van der Waals surface area contributed by atoms with Gasteiger partial charge in [-0.3, -0.25) is 0 Å². The Bertz CT molecular complexity index is 331. The minimum atomic E-state index is 0.765. The van der Waals surface area contributed by atoms with Crippen molar-refractivity contribution in [2.45, 2.75) is 32.7 Å². The van der Waals surface area contributed by atoms with Crippen molar-refractivity contribution in [2.24, 2.45) is 0 Å². The second kappa shape index (κ2) is 4.67. The Kier molecular flexibility index (Phi) is 3.27. The predicted octanol–water partition coefficient (Wildman–Crippen LogP) is 2.43. The van der Waals surface area contributed by atoms with Gasteiger partial charge in [-0.2, -0.15) is 0 Å². The van der Waals surface area contributed by atoms with E-state index in [2.05, 4.69) is 37.4 Å². The lowest BCUT2D eigenvalue weighted by molar-refractivity contribution is 0.311. The molecule has 0 atom stereocenters. The van der Waals surface area contributed by atoms with Crippen molar-refractivity contribution in [1.29, 1.82) is 0 Å². The summed E-state index contributed by atoms with van der Waals surface area (Å²) >= 11 is 0. The van der Waals surface area contributed by atoms with Crippen molar-refractivity contribution in [3.63, 3.8) is 0 Å². The lowest BCUT2D eigenvalue weighted by atomic mass is 10.1. The van der Waals surface area contributed by atoms with Crippen LogP contribution in [0.15, 0.2) is 18.2 Å². The van der Waals surface area contributed by atoms with Crippen LogP contribution in [0.1, 0.15) is 24.0 Å². The van der Waals surface area contributed by atoms with Gasteiger partial charge in [0.05, 0.1) is 0 Å². The molecule has 0 aliphatic heterocycles. The molecule has 0 spiro atoms. The summed E-state index contributed by atoms with van der Waals surface area (Å²) in [5.41, 5.74) is 2.47. The molecule has 1 aliphatic carbocycles. The highest BCUT2D eigenvalue weighted by Crippen LogP contribution is 2.20. The molecule has 82 valence electrons. The molecule has 2 heteroatoms. The number of benzene rings is 1. The minimum absolute atomic E-state index is 0.765. The molecule has 1 N–H and O–H groups in total. The van der Waals surface area contributed by atoms with Crippen LogP contribution in [-0.2, 0) is 0 Å². The lowest BCUT2D eigenvalue weighted by Gasteiger charge is -2.10. The van der Waals surface area contributed by atoms with Gasteiger partial charge in [-0.15, -0.1) is 0 Å². The van der Waals surface area contributed by atoms with E-state index < -0.39 is 0 Å². The van der Waals surface area contributed by atoms with E-state index in [0.29, 0.717) is 0 Å². The van der Waals surface area contributed by atoms with Gasteiger partial charge in [0.1, 0.15) is 12.4 Å². The summed E-state index contributed by atoms with van der Waals surface area (Å²) in [7, 11) is 0. The first kappa shape index (κ1) is 10.5. The predicted molar refractivity (Wildman–Crippen MR) is 62.4 cm³/mol. The molecule has 0 bridgehead atoms. The normalized spacial score (nSPS) is 15.3. The second-order valence-electron chi connectivity index (χ2n) is 4.35. The molecule has 0 aromatic heterocycles. The summed E-state index contributed by atoms with van der Waals surface area (Å²) in [6, 6.07) is 7.10. The van der Waals surface area contributed by atoms with Gasteiger partial charge in [0, 0.05) is 12.6 Å². The van der Waals surface area contributed by atoms with Crippen LogP contribution in [0.3, 0.4) is 0 Å². The van der Waals surface area contributed by atoms with Crippen LogP contribution in [-0.4, -0.2) is 19.2 Å². The Labute approximate surface area is 91.6 Å². The first-order chi connectivity index (χ1) is 7.25. The molecular formula is C13H19NO. The number of ether oxygens (including phenoxy) is 1. The van der Waals surface area contributed by atoms with E-state index in [1.807, 2.05) is 0 Å². The molecule has 2 nitrogen and oxygen atoms in total. The Morgan fingerprint density at radius 1 is 1.33 bits per heavy atom. The molecule has 0 radical (unpaired) electrons. The number of nitrogens with one attached hydrogen (secondary N) is 1. The maximum Gasteiger partial charge on any atom is 0.122 e. The molecule has 0 heterocycles. The number of hydrogen-bond donors (Lipinski definition) is 1. The highest BCUT2D eigenvalue weighted by Gasteiger charge is 2.19. The fourth-order valence-corrected chi connectivity index (χ4v) is 1.57. The van der Waals surface area contributed by atoms with Gasteiger partial charge < -0.3 is 10.1 Å². The molecule has 1 fully saturated rings. The maximum absolute atomic E-state index is 5.73. The van der Waals surface area contributed by atoms with Crippen molar-refractivity contribution in [1.82, 2.24) is 5.32 Å². The summed E-state index contributed by atoms with van der Waals surface area (Å²) in [6.45, 7) is 5.90. The SMILES string of the molecule is Cc1ccc(C)c(OCCNC2CC2)c1. The van der Waals surface area contributed by atoms with Crippen molar-refractivity contribution in [2.75, 3.05) is 13.2 Å². The summed E-state index contributed by atoms with van der Waals surface area (Å²) < 4.78 is 5.73. The minimum Gasteiger partial charge on any atom is -0.492 e. The molecule has 15 heavy (non-hydrogen) atoms. The summed E-state index contributed by atoms with van der Waals surface area (Å²) in [5, 5.41) is 3.44. The van der Waals surface area contributed by atoms with E-state index in [1.165, 1.54) is 24.0 Å². The third-order valence-electron chi connectivity index (χ3n) is 2.71. The number of rotatable bonds is 5. The van der Waals surface area contributed by atoms with Crippen LogP contribution in [0.25, 0.3) is 0 Å². The van der Waals surface area contributed by atoms with Gasteiger partial charge in [-0.1, -0.05) is 12.1 Å². The van der Waals surface area contributed by atoms with Crippen molar-refractivity contribution in [3.05, 3.63) is 29.3 Å². The van der Waals surface area contributed by atoms with Crippen LogP contribution in [0.4, 0.5) is 0 Å². The topological polar surface area (TPSA) is 21.3 Å². The second-order valence-corrected chi connectivity index (χ2v) is 4.35. The van der Waals surface area contributed by atoms with Gasteiger partial charge >= 0.3 is 0 Å². The van der Waals surface area contributed by atoms with Crippen LogP contribution in [0.2, 0.25) is 0 Å². The summed E-state index contributed by atoms with van der Waals surface area (Å²) in [6.07, 6.45) is 2.67. The van der Waals surface area contributed by atoms with E-state index >= 15 is 0 Å². The fourth-order valence-electron chi connectivity index (χ4n) is 1.57. The first-order valence-electron chi connectivity index (χ1n) is 5.69. The van der Waals surface area contributed by atoms with E-state index in [9.17, 15) is 0 Å². The summed E-state index contributed by atoms with van der Waals surface area (Å²) in [5.74, 6) is 1.02. The third-order valence-corrected chi connectivity index (χ3v) is 2.71. The molecule has 0 unspecified atom stereocenters. The smallest absolute Gasteiger partial charge is 0.122 e. The number of aryl methyl sites for hydroxylation is 2. The van der Waals surface area contributed by atoms with Gasteiger partial charge in [-0.05, 0) is 43.9 Å². The molecule has 1 aliphatic rings. The largest absolute Gasteiger partial charge is 0.492 e. The van der Waals surface area contributed by atoms with Crippen molar-refractivity contribution < 1.29 is 4.74 Å². The van der Waals surface area contributed by atoms with E-state index in [0.717, 1.165) is 24.9 Å². The van der Waals surface area contributed by atoms with E-state index in [4.69, 9.17) is 4.74 Å². The van der Waals surface area contributed by atoms with Gasteiger partial charge in [-0.25, -0.2) is 0 Å². The Hall–Kier alpha value is -1.02. The molecule has 0 amide bonds. The molecule has 1 saturated carbocycles. The van der Waals surface area contributed by atoms with Crippen LogP contribution < -0.4 is 10.1 Å². The fraction of sp³-hybridized carbons (Fsp3) is 0.538. The zero-order valence-corrected chi connectivity index (χ0v) is 9.55. The Morgan fingerprint density at radius 2 is 2.13 bits per heavy atom. The van der Waals surface area contributed by atoms with Gasteiger partial charge in [0.25, 0.3) is 0 Å². The first-order valence-corrected chi connectivity index (χ1v) is 5.69. The van der Waals surface area contributed by atoms with Crippen molar-refractivity contribution >= 4 is 0 Å². The molecule has 1 aromatic carbocycles. The molecule has 2 rings (SSSR count). The molecular weight excluding hydrogens is 186 g/mol. The lowest BCUT2D eigenvalue weighted by Crippen LogP contribution is -2.22. The van der Waals surface area contributed by atoms with Crippen LogP contribution in [0, 0.1) is 13.8 Å². The van der Waals surface area contributed by atoms with Crippen LogP contribution >= 0.6 is 0 Å². The third kappa shape index (κ3) is 3.24. The maximum atomic E-state index is 5.73. The Balaban J connectivity index is 1.78. The monoisotopic (exact) mass is 205 g/mol. The highest BCUT2D eigenvalue weighted by molar-refractivity contribution is 5.35. The average Bonchev–Trinajstić information content (AvgIpc) is 3.01. The zero-order valence-electron chi connectivity index (χ0n) is 9.55. The van der Waals surface area contributed by atoms with E-state index in [1.54, 1.807) is 0 Å².